The van der Waals surface area contributed by atoms with Crippen LogP contribution in [0.2, 0.25) is 0 Å². The molecule has 0 fully saturated rings. The van der Waals surface area contributed by atoms with Crippen LogP contribution in [0, 0.1) is 6.92 Å². The summed E-state index contributed by atoms with van der Waals surface area (Å²) in [6, 6.07) is 19.8. The van der Waals surface area contributed by atoms with Gasteiger partial charge in [0.2, 0.25) is 15.9 Å². The van der Waals surface area contributed by atoms with Gasteiger partial charge >= 0.3 is 0 Å². The van der Waals surface area contributed by atoms with Crippen LogP contribution in [0.3, 0.4) is 0 Å². The molecule has 1 aliphatic rings. The number of fused-ring (bicyclic) bond motifs is 1. The minimum absolute atomic E-state index is 0.0543. The second-order valence-electron chi connectivity index (χ2n) is 8.48. The molecule has 0 saturated carbocycles. The number of methoxy groups -OCH3 is 1. The number of amides is 1. The number of rotatable bonds is 7. The number of hydrogen-bond acceptors (Lipinski definition) is 4. The number of aryl methyl sites for hydroxylation is 1. The molecule has 34 heavy (non-hydrogen) atoms. The molecule has 0 aromatic heterocycles. The van der Waals surface area contributed by atoms with Crippen molar-refractivity contribution in [3.05, 3.63) is 87.9 Å². The first-order valence-electron chi connectivity index (χ1n) is 11.0. The SMILES string of the molecule is COc1ccc(S(=O)(=O)N(CC(=O)N2c3ccc(Br)cc3C[C@@H]2C)Cc2ccccc2)cc1C. The smallest absolute Gasteiger partial charge is 0.243 e. The summed E-state index contributed by atoms with van der Waals surface area (Å²) in [5.41, 5.74) is 3.42. The van der Waals surface area contributed by atoms with Gasteiger partial charge in [-0.05, 0) is 73.4 Å². The molecule has 0 saturated heterocycles. The van der Waals surface area contributed by atoms with Gasteiger partial charge < -0.3 is 9.64 Å². The van der Waals surface area contributed by atoms with Crippen LogP contribution < -0.4 is 9.64 Å². The molecule has 1 amide bonds. The van der Waals surface area contributed by atoms with Crippen molar-refractivity contribution in [3.63, 3.8) is 0 Å². The third-order valence-electron chi connectivity index (χ3n) is 6.04. The molecule has 0 unspecified atom stereocenters. The van der Waals surface area contributed by atoms with Crippen LogP contribution >= 0.6 is 15.9 Å². The Kier molecular flexibility index (Phi) is 7.12. The molecular formula is C26H27BrN2O4S. The first-order valence-corrected chi connectivity index (χ1v) is 13.2. The normalized spacial score (nSPS) is 15.4. The van der Waals surface area contributed by atoms with E-state index in [-0.39, 0.29) is 29.9 Å². The standard InChI is InChI=1S/C26H27BrN2O4S/c1-18-13-23(10-12-25(18)33-3)34(31,32)28(16-20-7-5-4-6-8-20)17-26(30)29-19(2)14-21-15-22(27)9-11-24(21)29/h4-13,15,19H,14,16-17H2,1-3H3/t19-/m0/s1. The molecule has 3 aromatic rings. The van der Waals surface area contributed by atoms with Gasteiger partial charge in [-0.3, -0.25) is 4.79 Å². The predicted octanol–water partition coefficient (Wildman–Crippen LogP) is 4.93. The highest BCUT2D eigenvalue weighted by Crippen LogP contribution is 2.34. The third-order valence-corrected chi connectivity index (χ3v) is 8.32. The number of sulfonamides is 1. The molecule has 0 bridgehead atoms. The van der Waals surface area contributed by atoms with Crippen LogP contribution in [0.15, 0.2) is 76.1 Å². The fourth-order valence-electron chi connectivity index (χ4n) is 4.38. The summed E-state index contributed by atoms with van der Waals surface area (Å²) in [6.07, 6.45) is 0.726. The number of nitrogens with zero attached hydrogens (tertiary/aromatic N) is 2. The van der Waals surface area contributed by atoms with Gasteiger partial charge in [-0.15, -0.1) is 0 Å². The van der Waals surface area contributed by atoms with Gasteiger partial charge in [0.15, 0.2) is 0 Å². The van der Waals surface area contributed by atoms with Crippen LogP contribution in [-0.4, -0.2) is 38.3 Å². The fourth-order valence-corrected chi connectivity index (χ4v) is 6.25. The molecule has 1 heterocycles. The lowest BCUT2D eigenvalue weighted by Gasteiger charge is -2.28. The highest BCUT2D eigenvalue weighted by Gasteiger charge is 2.35. The first-order chi connectivity index (χ1) is 16.2. The molecule has 0 spiro atoms. The Morgan fingerprint density at radius 1 is 1.12 bits per heavy atom. The molecule has 6 nitrogen and oxygen atoms in total. The lowest BCUT2D eigenvalue weighted by Crippen LogP contribution is -2.44. The van der Waals surface area contributed by atoms with Crippen molar-refractivity contribution in [1.82, 2.24) is 4.31 Å². The zero-order valence-electron chi connectivity index (χ0n) is 19.4. The van der Waals surface area contributed by atoms with Crippen molar-refractivity contribution < 1.29 is 17.9 Å². The largest absolute Gasteiger partial charge is 0.496 e. The van der Waals surface area contributed by atoms with E-state index < -0.39 is 10.0 Å². The highest BCUT2D eigenvalue weighted by atomic mass is 79.9. The van der Waals surface area contributed by atoms with E-state index in [1.54, 1.807) is 31.1 Å². The highest BCUT2D eigenvalue weighted by molar-refractivity contribution is 9.10. The molecule has 178 valence electrons. The average molecular weight is 543 g/mol. The van der Waals surface area contributed by atoms with E-state index >= 15 is 0 Å². The van der Waals surface area contributed by atoms with E-state index in [1.165, 1.54) is 10.4 Å². The Morgan fingerprint density at radius 2 is 1.85 bits per heavy atom. The minimum atomic E-state index is -3.95. The fraction of sp³-hybridized carbons (Fsp3) is 0.269. The predicted molar refractivity (Wildman–Crippen MR) is 137 cm³/mol. The summed E-state index contributed by atoms with van der Waals surface area (Å²) in [5.74, 6) is 0.358. The Bertz CT molecular complexity index is 1310. The molecule has 0 aliphatic carbocycles. The zero-order chi connectivity index (χ0) is 24.5. The van der Waals surface area contributed by atoms with Gasteiger partial charge in [-0.2, -0.15) is 4.31 Å². The van der Waals surface area contributed by atoms with E-state index in [0.717, 1.165) is 27.7 Å². The van der Waals surface area contributed by atoms with Gasteiger partial charge in [0.1, 0.15) is 5.75 Å². The summed E-state index contributed by atoms with van der Waals surface area (Å²) in [5, 5.41) is 0. The first kappa shape index (κ1) is 24.4. The lowest BCUT2D eigenvalue weighted by atomic mass is 10.1. The topological polar surface area (TPSA) is 66.9 Å². The van der Waals surface area contributed by atoms with Crippen LogP contribution in [0.1, 0.15) is 23.6 Å². The van der Waals surface area contributed by atoms with Crippen molar-refractivity contribution in [1.29, 1.82) is 0 Å². The molecule has 8 heteroatoms. The Balaban J connectivity index is 1.68. The van der Waals surface area contributed by atoms with Crippen molar-refractivity contribution in [2.45, 2.75) is 37.8 Å². The van der Waals surface area contributed by atoms with Crippen LogP contribution in [0.25, 0.3) is 0 Å². The van der Waals surface area contributed by atoms with Gasteiger partial charge in [-0.25, -0.2) is 8.42 Å². The molecule has 1 aliphatic heterocycles. The lowest BCUT2D eigenvalue weighted by molar-refractivity contribution is -0.119. The number of anilines is 1. The summed E-state index contributed by atoms with van der Waals surface area (Å²) in [4.78, 5) is 15.4. The second-order valence-corrected chi connectivity index (χ2v) is 11.3. The molecular weight excluding hydrogens is 516 g/mol. The van der Waals surface area contributed by atoms with Crippen molar-refractivity contribution in [2.75, 3.05) is 18.6 Å². The maximum atomic E-state index is 13.7. The van der Waals surface area contributed by atoms with Gasteiger partial charge in [0.05, 0.1) is 18.6 Å². The number of ether oxygens (including phenoxy) is 1. The summed E-state index contributed by atoms with van der Waals surface area (Å²) in [7, 11) is -2.40. The number of hydrogen-bond donors (Lipinski definition) is 0. The van der Waals surface area contributed by atoms with Gasteiger partial charge in [0, 0.05) is 22.7 Å². The maximum Gasteiger partial charge on any atom is 0.243 e. The minimum Gasteiger partial charge on any atom is -0.496 e. The third kappa shape index (κ3) is 4.89. The van der Waals surface area contributed by atoms with Gasteiger partial charge in [-0.1, -0.05) is 46.3 Å². The van der Waals surface area contributed by atoms with E-state index in [0.29, 0.717) is 11.3 Å². The van der Waals surface area contributed by atoms with Crippen LogP contribution in [0.4, 0.5) is 5.69 Å². The maximum absolute atomic E-state index is 13.7. The quantitative estimate of drug-likeness (QED) is 0.424. The van der Waals surface area contributed by atoms with Crippen molar-refractivity contribution in [3.8, 4) is 5.75 Å². The van der Waals surface area contributed by atoms with Crippen molar-refractivity contribution >= 4 is 37.5 Å². The molecule has 0 radical (unpaired) electrons. The zero-order valence-corrected chi connectivity index (χ0v) is 21.8. The number of halogens is 1. The van der Waals surface area contributed by atoms with E-state index in [9.17, 15) is 13.2 Å². The van der Waals surface area contributed by atoms with E-state index in [1.807, 2.05) is 55.5 Å². The molecule has 3 aromatic carbocycles. The monoisotopic (exact) mass is 542 g/mol. The van der Waals surface area contributed by atoms with E-state index in [4.69, 9.17) is 4.74 Å². The van der Waals surface area contributed by atoms with E-state index in [2.05, 4.69) is 15.9 Å². The Morgan fingerprint density at radius 3 is 2.53 bits per heavy atom. The summed E-state index contributed by atoms with van der Waals surface area (Å²) >= 11 is 3.49. The Hall–Kier alpha value is -2.68. The molecule has 1 atom stereocenters. The summed E-state index contributed by atoms with van der Waals surface area (Å²) in [6.45, 7) is 3.61. The number of carbonyl (C=O) groups excluding carboxylic acids is 1. The van der Waals surface area contributed by atoms with Crippen LogP contribution in [-0.2, 0) is 27.8 Å². The molecule has 4 rings (SSSR count). The summed E-state index contributed by atoms with van der Waals surface area (Å²) < 4.78 is 34.9. The van der Waals surface area contributed by atoms with Crippen molar-refractivity contribution in [2.24, 2.45) is 0 Å². The van der Waals surface area contributed by atoms with Crippen LogP contribution in [0.5, 0.6) is 5.75 Å². The molecule has 0 N–H and O–H groups in total. The number of benzene rings is 3. The Labute approximate surface area is 209 Å². The van der Waals surface area contributed by atoms with Gasteiger partial charge in [0.25, 0.3) is 0 Å². The number of carbonyl (C=O) groups is 1. The average Bonchev–Trinajstić information content (AvgIpc) is 3.13. The second kappa shape index (κ2) is 9.90.